The molecule has 59 heavy (non-hydrogen) atoms. The number of aryl methyl sites for hydroxylation is 2. The van der Waals surface area contributed by atoms with Crippen molar-refractivity contribution < 1.29 is 19.8 Å². The van der Waals surface area contributed by atoms with Crippen LogP contribution in [0.5, 0.6) is 0 Å². The maximum absolute atomic E-state index is 13.3. The molecule has 2 aromatic heterocycles. The number of alkyl halides is 1. The van der Waals surface area contributed by atoms with Crippen LogP contribution >= 0.6 is 15.9 Å². The maximum atomic E-state index is 13.3. The van der Waals surface area contributed by atoms with Crippen LogP contribution in [0.15, 0.2) is 24.8 Å². The second kappa shape index (κ2) is 17.0. The molecule has 0 amide bonds. The molecule has 2 heterocycles. The van der Waals surface area contributed by atoms with Crippen molar-refractivity contribution in [3.63, 3.8) is 0 Å². The second-order valence-electron chi connectivity index (χ2n) is 22.8. The minimum atomic E-state index is -0.438. The summed E-state index contributed by atoms with van der Waals surface area (Å²) in [6.07, 6.45) is 29.0. The maximum Gasteiger partial charge on any atom is 0.157 e. The van der Waals surface area contributed by atoms with Crippen LogP contribution in [0.3, 0.4) is 0 Å². The zero-order valence-corrected chi connectivity index (χ0v) is 38.9. The highest BCUT2D eigenvalue weighted by Gasteiger charge is 2.60. The van der Waals surface area contributed by atoms with Crippen LogP contribution in [0.1, 0.15) is 154 Å². The molecule has 8 saturated carbocycles. The van der Waals surface area contributed by atoms with Gasteiger partial charge in [0.2, 0.25) is 0 Å². The highest BCUT2D eigenvalue weighted by Crippen LogP contribution is 2.66. The van der Waals surface area contributed by atoms with E-state index in [0.29, 0.717) is 29.4 Å². The quantitative estimate of drug-likeness (QED) is 0.257. The molecule has 0 unspecified atom stereocenters. The zero-order chi connectivity index (χ0) is 41.9. The number of H-pyrrole nitrogens is 1. The fraction of sp³-hybridized carbons (Fsp3) is 0.840. The molecule has 328 valence electrons. The molecule has 9 heteroatoms. The predicted octanol–water partition coefficient (Wildman–Crippen LogP) is 10.5. The topological polar surface area (TPSA) is 121 Å². The van der Waals surface area contributed by atoms with E-state index in [2.05, 4.69) is 45.1 Å². The van der Waals surface area contributed by atoms with E-state index < -0.39 is 11.2 Å². The van der Waals surface area contributed by atoms with Gasteiger partial charge in [0.1, 0.15) is 5.78 Å². The number of aliphatic hydroxyl groups is 2. The van der Waals surface area contributed by atoms with Crippen molar-refractivity contribution in [1.29, 1.82) is 0 Å². The number of nitrogens with zero attached hydrogens (tertiary/aromatic N) is 3. The Morgan fingerprint density at radius 1 is 0.661 bits per heavy atom. The summed E-state index contributed by atoms with van der Waals surface area (Å²) < 4.78 is 1.83. The van der Waals surface area contributed by atoms with Crippen LogP contribution in [0.4, 0.5) is 0 Å². The monoisotopic (exact) mass is 877 g/mol. The van der Waals surface area contributed by atoms with E-state index >= 15 is 0 Å². The molecule has 0 spiro atoms. The number of nitrogens with one attached hydrogen (secondary N) is 1. The largest absolute Gasteiger partial charge is 0.390 e. The molecule has 0 radical (unpaired) electrons. The first-order valence-corrected chi connectivity index (χ1v) is 25.1. The van der Waals surface area contributed by atoms with E-state index in [4.69, 9.17) is 0 Å². The summed E-state index contributed by atoms with van der Waals surface area (Å²) in [5, 5.41) is 32.3. The van der Waals surface area contributed by atoms with E-state index in [-0.39, 0.29) is 16.7 Å². The van der Waals surface area contributed by atoms with Crippen molar-refractivity contribution in [1.82, 2.24) is 20.0 Å². The second-order valence-corrected chi connectivity index (χ2v) is 23.3. The lowest BCUT2D eigenvalue weighted by Gasteiger charge is -2.56. The molecule has 8 aliphatic rings. The minimum absolute atomic E-state index is 0.188. The summed E-state index contributed by atoms with van der Waals surface area (Å²) in [6.45, 7) is 13.4. The van der Waals surface area contributed by atoms with E-state index in [1.807, 2.05) is 51.0 Å². The number of hydrogen-bond acceptors (Lipinski definition) is 6. The predicted molar refractivity (Wildman–Crippen MR) is 237 cm³/mol. The van der Waals surface area contributed by atoms with Crippen molar-refractivity contribution in [3.8, 4) is 0 Å². The highest BCUT2D eigenvalue weighted by atomic mass is 79.9. The van der Waals surface area contributed by atoms with E-state index in [1.54, 1.807) is 6.20 Å². The Balaban J connectivity index is 0.000000146. The van der Waals surface area contributed by atoms with Crippen molar-refractivity contribution in [2.75, 3.05) is 5.33 Å². The molecule has 0 saturated heterocycles. The number of rotatable bonds is 5. The Hall–Kier alpha value is -1.84. The van der Waals surface area contributed by atoms with Crippen LogP contribution in [-0.2, 0) is 16.1 Å². The SMILES string of the molecule is C[C@@]1(O)CC[C@H]2[C@H](CC[C@@H]3[C@@H]2CC[C@]2(C)[C@@H](C(=O)CBr)CC[C@@H]32)C1.Cc1cn[nH]c1.Cc1cnn(CC(=O)[C@H]2CC[C@H]3[C@@H]4CC[C@@H]5C[C@](C)(O)CC[C@@H]5[C@H]4CC[C@]23C)c1. The van der Waals surface area contributed by atoms with Gasteiger partial charge in [0.05, 0.1) is 35.5 Å². The lowest BCUT2D eigenvalue weighted by atomic mass is 9.49. The molecule has 0 aliphatic heterocycles. The molecule has 8 aliphatic carbocycles. The fourth-order valence-corrected chi connectivity index (χ4v) is 16.8. The number of carbonyl (C=O) groups is 2. The Labute approximate surface area is 363 Å². The van der Waals surface area contributed by atoms with Gasteiger partial charge in [0.15, 0.2) is 5.78 Å². The Morgan fingerprint density at radius 2 is 1.17 bits per heavy atom. The number of hydrogen-bond donors (Lipinski definition) is 3. The van der Waals surface area contributed by atoms with Crippen LogP contribution in [0.2, 0.25) is 0 Å². The Morgan fingerprint density at radius 3 is 1.59 bits per heavy atom. The number of Topliss-reactive ketones (excluding diaryl/α,β-unsaturated/α-hetero) is 2. The zero-order valence-electron chi connectivity index (χ0n) is 37.3. The lowest BCUT2D eigenvalue weighted by molar-refractivity contribution is -0.133. The van der Waals surface area contributed by atoms with Crippen LogP contribution in [0, 0.1) is 95.7 Å². The van der Waals surface area contributed by atoms with Crippen molar-refractivity contribution in [2.24, 2.45) is 81.8 Å². The smallest absolute Gasteiger partial charge is 0.157 e. The molecule has 10 rings (SSSR count). The van der Waals surface area contributed by atoms with Gasteiger partial charge in [-0.25, -0.2) is 0 Å². The summed E-state index contributed by atoms with van der Waals surface area (Å²) in [4.78, 5) is 25.7. The number of aromatic amines is 1. The van der Waals surface area contributed by atoms with Gasteiger partial charge >= 0.3 is 0 Å². The number of ketones is 2. The number of halogens is 1. The molecular formula is C50H77BrN4O4. The Bertz CT molecular complexity index is 1770. The normalized spacial score (nSPS) is 45.7. The van der Waals surface area contributed by atoms with Gasteiger partial charge in [-0.2, -0.15) is 10.2 Å². The summed E-state index contributed by atoms with van der Waals surface area (Å²) >= 11 is 3.42. The van der Waals surface area contributed by atoms with Crippen LogP contribution in [-0.4, -0.2) is 58.3 Å². The summed E-state index contributed by atoms with van der Waals surface area (Å²) in [6, 6.07) is 0. The fourth-order valence-electron chi connectivity index (χ4n) is 16.5. The van der Waals surface area contributed by atoms with E-state index in [0.717, 1.165) is 103 Å². The van der Waals surface area contributed by atoms with Gasteiger partial charge in [-0.3, -0.25) is 19.4 Å². The summed E-state index contributed by atoms with van der Waals surface area (Å²) in [5.41, 5.74) is 1.89. The van der Waals surface area contributed by atoms with Gasteiger partial charge < -0.3 is 10.2 Å². The number of fused-ring (bicyclic) bond motifs is 10. The average molecular weight is 878 g/mol. The summed E-state index contributed by atoms with van der Waals surface area (Å²) in [7, 11) is 0. The van der Waals surface area contributed by atoms with Crippen molar-refractivity contribution >= 4 is 27.5 Å². The van der Waals surface area contributed by atoms with Gasteiger partial charge in [-0.15, -0.1) is 0 Å². The summed E-state index contributed by atoms with van der Waals surface area (Å²) in [5.74, 6) is 9.36. The Kier molecular flexibility index (Phi) is 12.6. The van der Waals surface area contributed by atoms with Crippen LogP contribution < -0.4 is 0 Å². The molecule has 8 fully saturated rings. The van der Waals surface area contributed by atoms with Gasteiger partial charge in [-0.1, -0.05) is 29.8 Å². The van der Waals surface area contributed by atoms with Gasteiger partial charge in [0, 0.05) is 24.2 Å². The molecule has 3 N–H and O–H groups in total. The molecule has 8 nitrogen and oxygen atoms in total. The average Bonchev–Trinajstić information content (AvgIpc) is 4.00. The first kappa shape index (κ1) is 43.8. The van der Waals surface area contributed by atoms with Crippen molar-refractivity contribution in [3.05, 3.63) is 35.9 Å². The van der Waals surface area contributed by atoms with Gasteiger partial charge in [0.25, 0.3) is 0 Å². The van der Waals surface area contributed by atoms with Crippen molar-refractivity contribution in [2.45, 2.75) is 175 Å². The van der Waals surface area contributed by atoms with E-state index in [1.165, 1.54) is 82.6 Å². The third kappa shape index (κ3) is 8.63. The van der Waals surface area contributed by atoms with Crippen LogP contribution in [0.25, 0.3) is 0 Å². The molecule has 0 bridgehead atoms. The minimum Gasteiger partial charge on any atom is -0.390 e. The number of carbonyl (C=O) groups excluding carboxylic acids is 2. The lowest BCUT2D eigenvalue weighted by Crippen LogP contribution is -2.51. The third-order valence-corrected chi connectivity index (χ3v) is 19.7. The number of aromatic nitrogens is 4. The molecule has 2 aromatic rings. The third-order valence-electron chi connectivity index (χ3n) is 19.1. The first-order valence-electron chi connectivity index (χ1n) is 24.0. The van der Waals surface area contributed by atoms with E-state index in [9.17, 15) is 19.8 Å². The standard InChI is InChI=1S/C25H38N2O2.C21H33BrO2.C4H6N2/c1-16-13-26-27(14-16)15-23(28)22-7-6-21-20-5-4-17-12-24(2,29)10-8-18(17)19(20)9-11-25(21,22)3;1-20(24)9-7-14-13(11-20)3-4-16-15(14)8-10-21(2)17(16)5-6-18(21)19(23)12-22;1-4-2-5-6-3-4/h13-14,17-22,29H,4-12,15H2,1-3H3;13-18,24H,3-12H2,1-2H3;2-3H,1H3,(H,5,6)/t17-,18+,19-,20-,21+,22-,24-,25+;13-,14+,15-,16-,17+,18-,20-,21+;/m11./s1. The van der Waals surface area contributed by atoms with Gasteiger partial charge in [-0.05, 0) is 224 Å². The molecular weight excluding hydrogens is 800 g/mol. The first-order chi connectivity index (χ1) is 28.0. The molecule has 16 atom stereocenters. The molecule has 0 aromatic carbocycles. The highest BCUT2D eigenvalue weighted by molar-refractivity contribution is 9.09.